The average molecular weight is 179 g/mol. The molecule has 1 fully saturated rings. The van der Waals surface area contributed by atoms with Crippen molar-refractivity contribution < 1.29 is 0 Å². The van der Waals surface area contributed by atoms with Crippen LogP contribution >= 0.6 is 0 Å². The second kappa shape index (κ2) is 3.50. The Morgan fingerprint density at radius 3 is 3.08 bits per heavy atom. The molecule has 1 unspecified atom stereocenters. The maximum absolute atomic E-state index is 4.34. The van der Waals surface area contributed by atoms with Crippen LogP contribution in [-0.2, 0) is 13.5 Å². The number of nitrogens with one attached hydrogen (secondary N) is 1. The molecule has 2 heterocycles. The zero-order valence-electron chi connectivity index (χ0n) is 8.38. The summed E-state index contributed by atoms with van der Waals surface area (Å²) in [6, 6.07) is 0.683. The largest absolute Gasteiger partial charge is 0.314 e. The molecule has 1 atom stereocenters. The quantitative estimate of drug-likeness (QED) is 0.734. The molecule has 0 spiro atoms. The van der Waals surface area contributed by atoms with Crippen LogP contribution in [-0.4, -0.2) is 22.4 Å². The van der Waals surface area contributed by atoms with Crippen LogP contribution in [0.25, 0.3) is 0 Å². The van der Waals surface area contributed by atoms with E-state index in [2.05, 4.69) is 23.5 Å². The van der Waals surface area contributed by atoms with Gasteiger partial charge in [0, 0.05) is 19.3 Å². The van der Waals surface area contributed by atoms with Crippen LogP contribution < -0.4 is 5.32 Å². The van der Waals surface area contributed by atoms with Crippen LogP contribution in [0.4, 0.5) is 0 Å². The van der Waals surface area contributed by atoms with Crippen molar-refractivity contribution in [3.63, 3.8) is 0 Å². The standard InChI is InChI=1S/C10H17N3/c1-8-9(7-13(2)12-8)6-10-4-3-5-11-10/h7,10-11H,3-6H2,1-2H3. The molecule has 0 amide bonds. The summed E-state index contributed by atoms with van der Waals surface area (Å²) < 4.78 is 1.90. The van der Waals surface area contributed by atoms with Crippen molar-refractivity contribution in [2.45, 2.75) is 32.2 Å². The van der Waals surface area contributed by atoms with E-state index in [4.69, 9.17) is 0 Å². The summed E-state index contributed by atoms with van der Waals surface area (Å²) in [7, 11) is 1.98. The van der Waals surface area contributed by atoms with Gasteiger partial charge in [-0.1, -0.05) is 0 Å². The third kappa shape index (κ3) is 1.91. The van der Waals surface area contributed by atoms with E-state index >= 15 is 0 Å². The predicted octanol–water partition coefficient (Wildman–Crippen LogP) is 1.02. The number of nitrogens with zero attached hydrogens (tertiary/aromatic N) is 2. The fraction of sp³-hybridized carbons (Fsp3) is 0.700. The monoisotopic (exact) mass is 179 g/mol. The summed E-state index contributed by atoms with van der Waals surface area (Å²) >= 11 is 0. The molecule has 1 aliphatic rings. The van der Waals surface area contributed by atoms with Crippen molar-refractivity contribution in [1.29, 1.82) is 0 Å². The maximum Gasteiger partial charge on any atom is 0.0626 e. The lowest BCUT2D eigenvalue weighted by Crippen LogP contribution is -2.23. The number of aromatic nitrogens is 2. The van der Waals surface area contributed by atoms with E-state index in [1.807, 2.05) is 11.7 Å². The molecule has 0 radical (unpaired) electrons. The van der Waals surface area contributed by atoms with E-state index in [9.17, 15) is 0 Å². The number of aryl methyl sites for hydroxylation is 2. The third-order valence-corrected chi connectivity index (χ3v) is 2.74. The fourth-order valence-corrected chi connectivity index (χ4v) is 2.05. The Labute approximate surface area is 79.1 Å². The molecule has 3 heteroatoms. The van der Waals surface area contributed by atoms with Gasteiger partial charge in [-0.15, -0.1) is 0 Å². The molecule has 13 heavy (non-hydrogen) atoms. The highest BCUT2D eigenvalue weighted by atomic mass is 15.2. The van der Waals surface area contributed by atoms with Crippen molar-refractivity contribution in [1.82, 2.24) is 15.1 Å². The minimum absolute atomic E-state index is 0.683. The molecular formula is C10H17N3. The van der Waals surface area contributed by atoms with E-state index in [-0.39, 0.29) is 0 Å². The third-order valence-electron chi connectivity index (χ3n) is 2.74. The van der Waals surface area contributed by atoms with Crippen molar-refractivity contribution in [3.8, 4) is 0 Å². The van der Waals surface area contributed by atoms with E-state index in [0.717, 1.165) is 6.42 Å². The highest BCUT2D eigenvalue weighted by molar-refractivity contribution is 5.16. The van der Waals surface area contributed by atoms with Crippen LogP contribution in [0.3, 0.4) is 0 Å². The Hall–Kier alpha value is -0.830. The highest BCUT2D eigenvalue weighted by Crippen LogP contribution is 2.13. The zero-order chi connectivity index (χ0) is 9.26. The molecule has 1 saturated heterocycles. The van der Waals surface area contributed by atoms with E-state index < -0.39 is 0 Å². The molecule has 72 valence electrons. The van der Waals surface area contributed by atoms with Crippen molar-refractivity contribution >= 4 is 0 Å². The van der Waals surface area contributed by atoms with Crippen molar-refractivity contribution in [2.24, 2.45) is 7.05 Å². The lowest BCUT2D eigenvalue weighted by molar-refractivity contribution is 0.601. The first-order chi connectivity index (χ1) is 6.25. The summed E-state index contributed by atoms with van der Waals surface area (Å²) in [6.45, 7) is 3.27. The number of hydrogen-bond donors (Lipinski definition) is 1. The van der Waals surface area contributed by atoms with Gasteiger partial charge in [-0.05, 0) is 38.3 Å². The zero-order valence-corrected chi connectivity index (χ0v) is 8.38. The molecule has 3 nitrogen and oxygen atoms in total. The Bertz CT molecular complexity index is 284. The molecule has 1 aromatic rings. The minimum Gasteiger partial charge on any atom is -0.314 e. The van der Waals surface area contributed by atoms with Gasteiger partial charge in [-0.3, -0.25) is 4.68 Å². The summed E-state index contributed by atoms with van der Waals surface area (Å²) in [5.74, 6) is 0. The second-order valence-corrected chi connectivity index (χ2v) is 3.91. The van der Waals surface area contributed by atoms with Crippen LogP contribution in [0.5, 0.6) is 0 Å². The molecular weight excluding hydrogens is 162 g/mol. The van der Waals surface area contributed by atoms with Gasteiger partial charge in [0.15, 0.2) is 0 Å². The van der Waals surface area contributed by atoms with Crippen molar-refractivity contribution in [3.05, 3.63) is 17.5 Å². The van der Waals surface area contributed by atoms with Gasteiger partial charge in [0.1, 0.15) is 0 Å². The summed E-state index contributed by atoms with van der Waals surface area (Å²) in [6.07, 6.45) is 5.91. The van der Waals surface area contributed by atoms with E-state index in [1.54, 1.807) is 0 Å². The molecule has 0 aromatic carbocycles. The highest BCUT2D eigenvalue weighted by Gasteiger charge is 2.16. The van der Waals surface area contributed by atoms with Crippen LogP contribution in [0.1, 0.15) is 24.1 Å². The fourth-order valence-electron chi connectivity index (χ4n) is 2.05. The van der Waals surface area contributed by atoms with Crippen LogP contribution in [0.15, 0.2) is 6.20 Å². The molecule has 2 rings (SSSR count). The Balaban J connectivity index is 2.03. The molecule has 1 aliphatic heterocycles. The van der Waals surface area contributed by atoms with E-state index in [0.29, 0.717) is 6.04 Å². The molecule has 0 saturated carbocycles. The summed E-state index contributed by atoms with van der Waals surface area (Å²) in [5, 5.41) is 7.85. The topological polar surface area (TPSA) is 29.9 Å². The van der Waals surface area contributed by atoms with Gasteiger partial charge in [-0.25, -0.2) is 0 Å². The van der Waals surface area contributed by atoms with Crippen molar-refractivity contribution in [2.75, 3.05) is 6.54 Å². The Kier molecular flexibility index (Phi) is 2.36. The Morgan fingerprint density at radius 1 is 1.69 bits per heavy atom. The van der Waals surface area contributed by atoms with E-state index in [1.165, 1.54) is 30.6 Å². The van der Waals surface area contributed by atoms with Gasteiger partial charge < -0.3 is 5.32 Å². The lowest BCUT2D eigenvalue weighted by atomic mass is 10.1. The van der Waals surface area contributed by atoms with Crippen LogP contribution in [0.2, 0.25) is 0 Å². The van der Waals surface area contributed by atoms with Gasteiger partial charge in [0.25, 0.3) is 0 Å². The Morgan fingerprint density at radius 2 is 2.54 bits per heavy atom. The summed E-state index contributed by atoms with van der Waals surface area (Å²) in [5.41, 5.74) is 2.57. The minimum atomic E-state index is 0.683. The number of rotatable bonds is 2. The maximum atomic E-state index is 4.34. The average Bonchev–Trinajstić information content (AvgIpc) is 2.63. The predicted molar refractivity (Wildman–Crippen MR) is 52.7 cm³/mol. The molecule has 1 aromatic heterocycles. The molecule has 0 bridgehead atoms. The molecule has 0 aliphatic carbocycles. The molecule has 1 N–H and O–H groups in total. The van der Waals surface area contributed by atoms with Gasteiger partial charge >= 0.3 is 0 Å². The first kappa shape index (κ1) is 8.75. The first-order valence-electron chi connectivity index (χ1n) is 4.98. The SMILES string of the molecule is Cc1nn(C)cc1CC1CCCN1. The van der Waals surface area contributed by atoms with Gasteiger partial charge in [-0.2, -0.15) is 5.10 Å². The summed E-state index contributed by atoms with van der Waals surface area (Å²) in [4.78, 5) is 0. The van der Waals surface area contributed by atoms with Gasteiger partial charge in [0.05, 0.1) is 5.69 Å². The smallest absolute Gasteiger partial charge is 0.0626 e. The van der Waals surface area contributed by atoms with Crippen LogP contribution in [0, 0.1) is 6.92 Å². The lowest BCUT2D eigenvalue weighted by Gasteiger charge is -2.07. The second-order valence-electron chi connectivity index (χ2n) is 3.91. The number of hydrogen-bond acceptors (Lipinski definition) is 2. The van der Waals surface area contributed by atoms with Gasteiger partial charge in [0.2, 0.25) is 0 Å². The first-order valence-corrected chi connectivity index (χ1v) is 4.98. The normalized spacial score (nSPS) is 22.5.